The van der Waals surface area contributed by atoms with Crippen LogP contribution in [-0.2, 0) is 26.2 Å². The van der Waals surface area contributed by atoms with Crippen LogP contribution in [0.3, 0.4) is 0 Å². The van der Waals surface area contributed by atoms with E-state index in [4.69, 9.17) is 9.15 Å². The summed E-state index contributed by atoms with van der Waals surface area (Å²) in [6, 6.07) is 9.97. The van der Waals surface area contributed by atoms with E-state index < -0.39 is 26.7 Å². The van der Waals surface area contributed by atoms with E-state index in [9.17, 15) is 27.7 Å². The summed E-state index contributed by atoms with van der Waals surface area (Å²) in [4.78, 5) is 22.1. The third-order valence-corrected chi connectivity index (χ3v) is 6.40. The standard InChI is InChI=1S/C20H19FN4O7S/c1-24(33(29,30)17-10-6-15(21)7-11-17)12-2-3-19(26)31-13-18-22-23-20(32-18)14-4-8-16(9-5-14)25(27)28/h4-11H,2-3,12-13H2,1H3. The lowest BCUT2D eigenvalue weighted by molar-refractivity contribution is -0.384. The normalized spacial score (nSPS) is 11.5. The number of carbonyl (C=O) groups excluding carboxylic acids is 1. The number of esters is 1. The zero-order chi connectivity index (χ0) is 24.0. The number of nitro groups is 1. The molecule has 13 heteroatoms. The second kappa shape index (κ2) is 10.3. The number of hydrogen-bond donors (Lipinski definition) is 0. The van der Waals surface area contributed by atoms with Gasteiger partial charge in [0.2, 0.25) is 15.9 Å². The minimum Gasteiger partial charge on any atom is -0.456 e. The molecule has 0 saturated carbocycles. The molecule has 174 valence electrons. The van der Waals surface area contributed by atoms with Gasteiger partial charge in [-0.1, -0.05) is 0 Å². The molecule has 1 aromatic heterocycles. The van der Waals surface area contributed by atoms with Gasteiger partial charge in [0.05, 0.1) is 9.82 Å². The van der Waals surface area contributed by atoms with Crippen LogP contribution in [0, 0.1) is 15.9 Å². The van der Waals surface area contributed by atoms with Crippen LogP contribution in [-0.4, -0.2) is 47.4 Å². The number of halogens is 1. The van der Waals surface area contributed by atoms with Crippen molar-refractivity contribution in [3.05, 3.63) is 70.4 Å². The number of nitro benzene ring substituents is 1. The molecule has 33 heavy (non-hydrogen) atoms. The Morgan fingerprint density at radius 1 is 1.15 bits per heavy atom. The van der Waals surface area contributed by atoms with Crippen LogP contribution in [0.2, 0.25) is 0 Å². The maximum atomic E-state index is 13.0. The summed E-state index contributed by atoms with van der Waals surface area (Å²) in [7, 11) is -2.43. The van der Waals surface area contributed by atoms with Crippen LogP contribution in [0.25, 0.3) is 11.5 Å². The average Bonchev–Trinajstić information content (AvgIpc) is 3.27. The van der Waals surface area contributed by atoms with E-state index in [0.29, 0.717) is 5.56 Å². The highest BCUT2D eigenvalue weighted by molar-refractivity contribution is 7.89. The molecule has 0 spiro atoms. The summed E-state index contributed by atoms with van der Waals surface area (Å²) in [5.41, 5.74) is 0.389. The Kier molecular flexibility index (Phi) is 7.45. The van der Waals surface area contributed by atoms with Crippen molar-refractivity contribution in [3.8, 4) is 11.5 Å². The van der Waals surface area contributed by atoms with Gasteiger partial charge < -0.3 is 9.15 Å². The Morgan fingerprint density at radius 2 is 1.82 bits per heavy atom. The van der Waals surface area contributed by atoms with Gasteiger partial charge in [0.15, 0.2) is 6.61 Å². The Morgan fingerprint density at radius 3 is 2.45 bits per heavy atom. The molecule has 3 aromatic rings. The summed E-state index contributed by atoms with van der Waals surface area (Å²) >= 11 is 0. The van der Waals surface area contributed by atoms with Gasteiger partial charge in [-0.2, -0.15) is 0 Å². The number of sulfonamides is 1. The number of carbonyl (C=O) groups is 1. The fraction of sp³-hybridized carbons (Fsp3) is 0.250. The van der Waals surface area contributed by atoms with Crippen molar-refractivity contribution in [3.63, 3.8) is 0 Å². The SMILES string of the molecule is CN(CCCC(=O)OCc1nnc(-c2ccc([N+](=O)[O-])cc2)o1)S(=O)(=O)c1ccc(F)cc1. The Labute approximate surface area is 188 Å². The van der Waals surface area contributed by atoms with E-state index in [2.05, 4.69) is 10.2 Å². The molecule has 0 fully saturated rings. The molecule has 0 aliphatic carbocycles. The van der Waals surface area contributed by atoms with Crippen molar-refractivity contribution in [2.45, 2.75) is 24.3 Å². The maximum Gasteiger partial charge on any atom is 0.306 e. The van der Waals surface area contributed by atoms with E-state index >= 15 is 0 Å². The van der Waals surface area contributed by atoms with Crippen molar-refractivity contribution in [1.29, 1.82) is 0 Å². The third kappa shape index (κ3) is 6.17. The van der Waals surface area contributed by atoms with Gasteiger partial charge in [-0.25, -0.2) is 17.1 Å². The highest BCUT2D eigenvalue weighted by Gasteiger charge is 2.21. The van der Waals surface area contributed by atoms with E-state index in [1.807, 2.05) is 0 Å². The zero-order valence-electron chi connectivity index (χ0n) is 17.4. The smallest absolute Gasteiger partial charge is 0.306 e. The van der Waals surface area contributed by atoms with Crippen molar-refractivity contribution in [2.24, 2.45) is 0 Å². The second-order valence-corrected chi connectivity index (χ2v) is 8.89. The molecular weight excluding hydrogens is 459 g/mol. The van der Waals surface area contributed by atoms with E-state index in [0.717, 1.165) is 16.4 Å². The fourth-order valence-electron chi connectivity index (χ4n) is 2.72. The lowest BCUT2D eigenvalue weighted by Crippen LogP contribution is -2.28. The highest BCUT2D eigenvalue weighted by Crippen LogP contribution is 2.21. The van der Waals surface area contributed by atoms with Crippen molar-refractivity contribution >= 4 is 21.7 Å². The number of ether oxygens (including phenoxy) is 1. The first-order valence-electron chi connectivity index (χ1n) is 9.61. The predicted molar refractivity (Wildman–Crippen MR) is 112 cm³/mol. The van der Waals surface area contributed by atoms with Crippen LogP contribution >= 0.6 is 0 Å². The minimum atomic E-state index is -3.80. The first-order valence-corrected chi connectivity index (χ1v) is 11.1. The molecule has 3 rings (SSSR count). The monoisotopic (exact) mass is 478 g/mol. The molecule has 1 heterocycles. The molecule has 0 N–H and O–H groups in total. The summed E-state index contributed by atoms with van der Waals surface area (Å²) in [5, 5.41) is 18.3. The molecule has 0 aliphatic heterocycles. The summed E-state index contributed by atoms with van der Waals surface area (Å²) in [5.74, 6) is -0.977. The van der Waals surface area contributed by atoms with Crippen LogP contribution < -0.4 is 0 Å². The molecule has 0 atom stereocenters. The van der Waals surface area contributed by atoms with Gasteiger partial charge in [0, 0.05) is 37.7 Å². The van der Waals surface area contributed by atoms with Crippen LogP contribution in [0.15, 0.2) is 57.8 Å². The summed E-state index contributed by atoms with van der Waals surface area (Å²) in [6.07, 6.45) is 0.153. The molecule has 0 bridgehead atoms. The van der Waals surface area contributed by atoms with Crippen molar-refractivity contribution in [1.82, 2.24) is 14.5 Å². The minimum absolute atomic E-state index is 0.0349. The van der Waals surface area contributed by atoms with Gasteiger partial charge in [-0.15, -0.1) is 10.2 Å². The third-order valence-electron chi connectivity index (χ3n) is 4.52. The quantitative estimate of drug-likeness (QED) is 0.244. The summed E-state index contributed by atoms with van der Waals surface area (Å²) < 4.78 is 49.4. The van der Waals surface area contributed by atoms with E-state index in [-0.39, 0.29) is 48.4 Å². The molecule has 0 radical (unpaired) electrons. The van der Waals surface area contributed by atoms with E-state index in [1.165, 1.54) is 43.4 Å². The number of non-ortho nitro benzene ring substituents is 1. The summed E-state index contributed by atoms with van der Waals surface area (Å²) in [6.45, 7) is -0.220. The molecular formula is C20H19FN4O7S. The predicted octanol–water partition coefficient (Wildman–Crippen LogP) is 2.93. The Hall–Kier alpha value is -3.71. The zero-order valence-corrected chi connectivity index (χ0v) is 18.2. The fourth-order valence-corrected chi connectivity index (χ4v) is 3.93. The van der Waals surface area contributed by atoms with Crippen LogP contribution in [0.4, 0.5) is 10.1 Å². The molecule has 11 nitrogen and oxygen atoms in total. The molecule has 0 amide bonds. The highest BCUT2D eigenvalue weighted by atomic mass is 32.2. The van der Waals surface area contributed by atoms with Gasteiger partial charge in [-0.3, -0.25) is 14.9 Å². The lowest BCUT2D eigenvalue weighted by Gasteiger charge is -2.16. The van der Waals surface area contributed by atoms with Gasteiger partial charge in [0.25, 0.3) is 11.6 Å². The maximum absolute atomic E-state index is 13.0. The molecule has 2 aromatic carbocycles. The molecule has 0 aliphatic rings. The first-order chi connectivity index (χ1) is 15.7. The van der Waals surface area contributed by atoms with Gasteiger partial charge >= 0.3 is 5.97 Å². The molecule has 0 saturated heterocycles. The number of rotatable bonds is 10. The van der Waals surface area contributed by atoms with E-state index in [1.54, 1.807) is 0 Å². The van der Waals surface area contributed by atoms with Gasteiger partial charge in [0.1, 0.15) is 5.82 Å². The lowest BCUT2D eigenvalue weighted by atomic mass is 10.2. The number of nitrogens with zero attached hydrogens (tertiary/aromatic N) is 4. The van der Waals surface area contributed by atoms with Crippen molar-refractivity contribution < 1.29 is 31.7 Å². The number of aromatic nitrogens is 2. The number of hydrogen-bond acceptors (Lipinski definition) is 9. The van der Waals surface area contributed by atoms with Crippen LogP contribution in [0.5, 0.6) is 0 Å². The van der Waals surface area contributed by atoms with Crippen LogP contribution in [0.1, 0.15) is 18.7 Å². The molecule has 0 unspecified atom stereocenters. The number of benzene rings is 2. The average molecular weight is 478 g/mol. The van der Waals surface area contributed by atoms with Crippen molar-refractivity contribution in [2.75, 3.05) is 13.6 Å². The van der Waals surface area contributed by atoms with Gasteiger partial charge in [-0.05, 0) is 42.8 Å². The first kappa shape index (κ1) is 23.9. The second-order valence-electron chi connectivity index (χ2n) is 6.85. The topological polar surface area (TPSA) is 146 Å². The Bertz CT molecular complexity index is 1230. The largest absolute Gasteiger partial charge is 0.456 e. The Balaban J connectivity index is 1.45.